The maximum atomic E-state index is 11.4. The molecule has 0 aromatic heterocycles. The lowest BCUT2D eigenvalue weighted by atomic mass is 10.00. The Balaban J connectivity index is 4.05. The van der Waals surface area contributed by atoms with Crippen LogP contribution in [-0.2, 0) is 9.59 Å². The molecule has 0 aromatic carbocycles. The zero-order valence-corrected chi connectivity index (χ0v) is 10.2. The van der Waals surface area contributed by atoms with Gasteiger partial charge in [-0.25, -0.2) is 4.79 Å². The lowest BCUT2D eigenvalue weighted by molar-refractivity contribution is -0.142. The van der Waals surface area contributed by atoms with Gasteiger partial charge in [-0.05, 0) is 26.7 Å². The molecule has 5 nitrogen and oxygen atoms in total. The van der Waals surface area contributed by atoms with Gasteiger partial charge in [0, 0.05) is 12.0 Å². The van der Waals surface area contributed by atoms with Crippen molar-refractivity contribution in [2.24, 2.45) is 5.73 Å². The van der Waals surface area contributed by atoms with E-state index in [2.05, 4.69) is 5.32 Å². The van der Waals surface area contributed by atoms with Gasteiger partial charge in [-0.2, -0.15) is 0 Å². The minimum Gasteiger partial charge on any atom is -0.480 e. The number of amides is 1. The summed E-state index contributed by atoms with van der Waals surface area (Å²) in [5.74, 6) is -1.23. The summed E-state index contributed by atoms with van der Waals surface area (Å²) in [6.45, 7) is 5.55. The molecule has 0 fully saturated rings. The largest absolute Gasteiger partial charge is 0.480 e. The van der Waals surface area contributed by atoms with Crippen molar-refractivity contribution in [3.8, 4) is 0 Å². The fourth-order valence-corrected chi connectivity index (χ4v) is 1.25. The maximum Gasteiger partial charge on any atom is 0.326 e. The number of carbonyl (C=O) groups excluding carboxylic acids is 1. The summed E-state index contributed by atoms with van der Waals surface area (Å²) in [5, 5.41) is 11.3. The molecule has 0 spiro atoms. The number of carboxylic acids is 1. The van der Waals surface area contributed by atoms with Gasteiger partial charge in [0.1, 0.15) is 6.04 Å². The van der Waals surface area contributed by atoms with Gasteiger partial charge in [-0.15, -0.1) is 0 Å². The van der Waals surface area contributed by atoms with Gasteiger partial charge in [-0.1, -0.05) is 13.3 Å². The van der Waals surface area contributed by atoms with Crippen LogP contribution in [0, 0.1) is 0 Å². The van der Waals surface area contributed by atoms with Crippen molar-refractivity contribution in [3.05, 3.63) is 0 Å². The van der Waals surface area contributed by atoms with E-state index >= 15 is 0 Å². The van der Waals surface area contributed by atoms with Crippen molar-refractivity contribution in [2.45, 2.75) is 58.0 Å². The van der Waals surface area contributed by atoms with E-state index in [1.54, 1.807) is 0 Å². The molecule has 16 heavy (non-hydrogen) atoms. The highest BCUT2D eigenvalue weighted by molar-refractivity contribution is 5.83. The number of carboxylic acid groups (broad SMARTS) is 1. The van der Waals surface area contributed by atoms with Gasteiger partial charge in [0.05, 0.1) is 0 Å². The first kappa shape index (κ1) is 14.9. The molecule has 0 aromatic rings. The third kappa shape index (κ3) is 7.23. The van der Waals surface area contributed by atoms with E-state index in [9.17, 15) is 9.59 Å². The first-order valence-electron chi connectivity index (χ1n) is 5.57. The molecule has 0 heterocycles. The molecule has 5 heteroatoms. The van der Waals surface area contributed by atoms with Crippen molar-refractivity contribution in [2.75, 3.05) is 0 Å². The van der Waals surface area contributed by atoms with Crippen LogP contribution < -0.4 is 11.1 Å². The van der Waals surface area contributed by atoms with Crippen LogP contribution in [0.4, 0.5) is 0 Å². The zero-order chi connectivity index (χ0) is 12.8. The van der Waals surface area contributed by atoms with Crippen LogP contribution in [0.1, 0.15) is 46.5 Å². The van der Waals surface area contributed by atoms with E-state index < -0.39 is 17.6 Å². The predicted molar refractivity (Wildman–Crippen MR) is 62.0 cm³/mol. The van der Waals surface area contributed by atoms with Gasteiger partial charge < -0.3 is 16.2 Å². The first-order chi connectivity index (χ1) is 7.26. The Morgan fingerprint density at radius 3 is 2.38 bits per heavy atom. The van der Waals surface area contributed by atoms with Crippen LogP contribution in [0.25, 0.3) is 0 Å². The third-order valence-corrected chi connectivity index (χ3v) is 2.21. The Bertz CT molecular complexity index is 246. The van der Waals surface area contributed by atoms with Crippen LogP contribution in [-0.4, -0.2) is 28.6 Å². The lowest BCUT2D eigenvalue weighted by Gasteiger charge is -2.19. The van der Waals surface area contributed by atoms with E-state index in [4.69, 9.17) is 10.8 Å². The summed E-state index contributed by atoms with van der Waals surface area (Å²) >= 11 is 0. The van der Waals surface area contributed by atoms with Crippen LogP contribution in [0.2, 0.25) is 0 Å². The molecule has 0 radical (unpaired) electrons. The molecule has 0 aliphatic heterocycles. The Labute approximate surface area is 96.4 Å². The van der Waals surface area contributed by atoms with Gasteiger partial charge >= 0.3 is 5.97 Å². The van der Waals surface area contributed by atoms with Gasteiger partial charge in [0.25, 0.3) is 0 Å². The average molecular weight is 230 g/mol. The Morgan fingerprint density at radius 1 is 1.44 bits per heavy atom. The van der Waals surface area contributed by atoms with Crippen molar-refractivity contribution < 1.29 is 14.7 Å². The number of nitrogens with one attached hydrogen (secondary N) is 1. The molecule has 0 bridgehead atoms. The topological polar surface area (TPSA) is 92.4 Å². The second-order valence-electron chi connectivity index (χ2n) is 4.74. The summed E-state index contributed by atoms with van der Waals surface area (Å²) in [7, 11) is 0. The van der Waals surface area contributed by atoms with Crippen LogP contribution >= 0.6 is 0 Å². The minimum atomic E-state index is -0.984. The highest BCUT2D eigenvalue weighted by atomic mass is 16.4. The molecule has 1 atom stereocenters. The number of nitrogens with two attached hydrogens (primary N) is 1. The van der Waals surface area contributed by atoms with Crippen LogP contribution in [0.15, 0.2) is 0 Å². The summed E-state index contributed by atoms with van der Waals surface area (Å²) in [6.07, 6.45) is 1.97. The molecule has 1 amide bonds. The number of aliphatic carboxylic acids is 1. The Hall–Kier alpha value is -1.10. The monoisotopic (exact) mass is 230 g/mol. The third-order valence-electron chi connectivity index (χ3n) is 2.21. The summed E-state index contributed by atoms with van der Waals surface area (Å²) in [5.41, 5.74) is 5.33. The highest BCUT2D eigenvalue weighted by Crippen LogP contribution is 2.07. The molecule has 0 saturated carbocycles. The SMILES string of the molecule is CCC[C@H](NC(=O)CCC(C)(C)N)C(=O)O. The predicted octanol–water partition coefficient (Wildman–Crippen LogP) is 0.873. The minimum absolute atomic E-state index is 0.251. The smallest absolute Gasteiger partial charge is 0.326 e. The molecule has 0 unspecified atom stereocenters. The normalized spacial score (nSPS) is 13.2. The maximum absolute atomic E-state index is 11.4. The Morgan fingerprint density at radius 2 is 2.00 bits per heavy atom. The van der Waals surface area contributed by atoms with Crippen molar-refractivity contribution in [1.82, 2.24) is 5.32 Å². The number of hydrogen-bond acceptors (Lipinski definition) is 3. The standard InChI is InChI=1S/C11H22N2O3/c1-4-5-8(10(15)16)13-9(14)6-7-11(2,3)12/h8H,4-7,12H2,1-3H3,(H,13,14)(H,15,16)/t8-/m0/s1. The summed E-state index contributed by atoms with van der Waals surface area (Å²) in [6, 6.07) is -0.779. The van der Waals surface area contributed by atoms with Crippen LogP contribution in [0.5, 0.6) is 0 Å². The van der Waals surface area contributed by atoms with Crippen molar-refractivity contribution >= 4 is 11.9 Å². The number of carbonyl (C=O) groups is 2. The molecule has 0 aliphatic carbocycles. The number of rotatable bonds is 7. The summed E-state index contributed by atoms with van der Waals surface area (Å²) in [4.78, 5) is 22.2. The van der Waals surface area contributed by atoms with Crippen LogP contribution in [0.3, 0.4) is 0 Å². The quantitative estimate of drug-likeness (QED) is 0.605. The Kier molecular flexibility index (Phi) is 6.03. The van der Waals surface area contributed by atoms with Crippen molar-refractivity contribution in [1.29, 1.82) is 0 Å². The highest BCUT2D eigenvalue weighted by Gasteiger charge is 2.20. The van der Waals surface area contributed by atoms with E-state index in [1.165, 1.54) is 0 Å². The van der Waals surface area contributed by atoms with E-state index in [0.29, 0.717) is 12.8 Å². The van der Waals surface area contributed by atoms with E-state index in [1.807, 2.05) is 20.8 Å². The molecular weight excluding hydrogens is 208 g/mol. The second-order valence-corrected chi connectivity index (χ2v) is 4.74. The first-order valence-corrected chi connectivity index (χ1v) is 5.57. The lowest BCUT2D eigenvalue weighted by Crippen LogP contribution is -2.42. The fourth-order valence-electron chi connectivity index (χ4n) is 1.25. The molecule has 0 saturated heterocycles. The molecule has 0 aliphatic rings. The zero-order valence-electron chi connectivity index (χ0n) is 10.2. The second kappa shape index (κ2) is 6.48. The van der Waals surface area contributed by atoms with Gasteiger partial charge in [0.2, 0.25) is 5.91 Å². The average Bonchev–Trinajstić information content (AvgIpc) is 2.13. The van der Waals surface area contributed by atoms with E-state index in [-0.39, 0.29) is 12.3 Å². The molecular formula is C11H22N2O3. The molecule has 94 valence electrons. The molecule has 4 N–H and O–H groups in total. The molecule has 0 rings (SSSR count). The van der Waals surface area contributed by atoms with Crippen molar-refractivity contribution in [3.63, 3.8) is 0 Å². The number of hydrogen-bond donors (Lipinski definition) is 3. The van der Waals surface area contributed by atoms with E-state index in [0.717, 1.165) is 6.42 Å². The van der Waals surface area contributed by atoms with Gasteiger partial charge in [0.15, 0.2) is 0 Å². The summed E-state index contributed by atoms with van der Waals surface area (Å²) < 4.78 is 0. The fraction of sp³-hybridized carbons (Fsp3) is 0.818. The van der Waals surface area contributed by atoms with Gasteiger partial charge in [-0.3, -0.25) is 4.79 Å².